The van der Waals surface area contributed by atoms with Crippen LogP contribution in [0.3, 0.4) is 0 Å². The highest BCUT2D eigenvalue weighted by atomic mass is 19.1. The van der Waals surface area contributed by atoms with E-state index in [1.165, 1.54) is 6.07 Å². The number of anilines is 1. The summed E-state index contributed by atoms with van der Waals surface area (Å²) in [7, 11) is 1.13. The first-order valence-corrected chi connectivity index (χ1v) is 6.66. The number of carbonyl (C=O) groups excluding carboxylic acids is 1. The summed E-state index contributed by atoms with van der Waals surface area (Å²) in [5.74, 6) is -1.82. The number of nitrogens with zero attached hydrogens (tertiary/aromatic N) is 2. The average Bonchev–Trinajstić information content (AvgIpc) is 2.43. The van der Waals surface area contributed by atoms with E-state index in [-0.39, 0.29) is 23.0 Å². The van der Waals surface area contributed by atoms with Crippen LogP contribution in [0.15, 0.2) is 12.1 Å². The molecule has 21 heavy (non-hydrogen) atoms. The molecule has 0 amide bonds. The Morgan fingerprint density at radius 3 is 2.52 bits per heavy atom. The molecule has 0 fully saturated rings. The number of esters is 1. The summed E-state index contributed by atoms with van der Waals surface area (Å²) in [6.45, 7) is 6.25. The second-order valence-corrected chi connectivity index (χ2v) is 4.86. The molecule has 0 aliphatic carbocycles. The lowest BCUT2D eigenvalue weighted by Gasteiger charge is -2.28. The average molecular weight is 298 g/mol. The van der Waals surface area contributed by atoms with E-state index in [1.54, 1.807) is 4.90 Å². The number of ether oxygens (including phenoxy) is 1. The highest BCUT2D eigenvalue weighted by Crippen LogP contribution is 2.32. The van der Waals surface area contributed by atoms with Crippen molar-refractivity contribution in [2.45, 2.75) is 33.2 Å². The molecule has 0 radical (unpaired) electrons. The van der Waals surface area contributed by atoms with Crippen molar-refractivity contribution in [2.24, 2.45) is 0 Å². The standard InChI is InChI=1S/C14H19FN2O4/c1-5-6-16(9(2)3)12-7-10(14(18)21-4)11(15)8-13(12)17(19)20/h7-9H,5-6H2,1-4H3. The lowest BCUT2D eigenvalue weighted by atomic mass is 10.1. The number of benzene rings is 1. The third kappa shape index (κ3) is 3.68. The van der Waals surface area contributed by atoms with Gasteiger partial charge >= 0.3 is 5.97 Å². The van der Waals surface area contributed by atoms with Crippen LogP contribution >= 0.6 is 0 Å². The molecule has 0 spiro atoms. The normalized spacial score (nSPS) is 10.6. The highest BCUT2D eigenvalue weighted by Gasteiger charge is 2.26. The van der Waals surface area contributed by atoms with Crippen LogP contribution in [0.1, 0.15) is 37.6 Å². The fourth-order valence-corrected chi connectivity index (χ4v) is 2.09. The minimum Gasteiger partial charge on any atom is -0.465 e. The molecule has 1 aromatic rings. The van der Waals surface area contributed by atoms with Gasteiger partial charge in [-0.2, -0.15) is 0 Å². The summed E-state index contributed by atoms with van der Waals surface area (Å²) < 4.78 is 18.4. The van der Waals surface area contributed by atoms with Crippen molar-refractivity contribution >= 4 is 17.3 Å². The molecule has 6 nitrogen and oxygen atoms in total. The first-order chi connectivity index (χ1) is 9.83. The zero-order valence-corrected chi connectivity index (χ0v) is 12.6. The van der Waals surface area contributed by atoms with E-state index in [0.717, 1.165) is 19.6 Å². The Balaban J connectivity index is 3.51. The van der Waals surface area contributed by atoms with E-state index >= 15 is 0 Å². The molecule has 0 bridgehead atoms. The van der Waals surface area contributed by atoms with Gasteiger partial charge in [-0.1, -0.05) is 6.92 Å². The van der Waals surface area contributed by atoms with E-state index in [9.17, 15) is 19.3 Å². The molecule has 0 saturated carbocycles. The first kappa shape index (κ1) is 16.9. The fraction of sp³-hybridized carbons (Fsp3) is 0.500. The van der Waals surface area contributed by atoms with Gasteiger partial charge in [0.1, 0.15) is 11.5 Å². The Kier molecular flexibility index (Phi) is 5.63. The molecule has 0 N–H and O–H groups in total. The minimum atomic E-state index is -0.961. The van der Waals surface area contributed by atoms with Crippen LogP contribution in [-0.4, -0.2) is 30.6 Å². The SMILES string of the molecule is CCCN(c1cc(C(=O)OC)c(F)cc1[N+](=O)[O-])C(C)C. The van der Waals surface area contributed by atoms with Gasteiger partial charge in [0.2, 0.25) is 0 Å². The van der Waals surface area contributed by atoms with Crippen LogP contribution in [-0.2, 0) is 4.74 Å². The topological polar surface area (TPSA) is 72.7 Å². The predicted octanol–water partition coefficient (Wildman–Crippen LogP) is 3.15. The molecule has 1 aromatic carbocycles. The quantitative estimate of drug-likeness (QED) is 0.458. The van der Waals surface area contributed by atoms with Crippen molar-refractivity contribution in [3.63, 3.8) is 0 Å². The Hall–Kier alpha value is -2.18. The molecule has 0 atom stereocenters. The molecule has 0 aliphatic heterocycles. The number of halogens is 1. The van der Waals surface area contributed by atoms with Gasteiger partial charge in [-0.05, 0) is 26.3 Å². The molecule has 0 unspecified atom stereocenters. The van der Waals surface area contributed by atoms with Gasteiger partial charge in [0, 0.05) is 12.6 Å². The maximum absolute atomic E-state index is 13.9. The molecular formula is C14H19FN2O4. The third-order valence-electron chi connectivity index (χ3n) is 3.06. The maximum atomic E-state index is 13.9. The van der Waals surface area contributed by atoms with Crippen molar-refractivity contribution in [3.8, 4) is 0 Å². The van der Waals surface area contributed by atoms with Gasteiger partial charge in [-0.25, -0.2) is 9.18 Å². The zero-order chi connectivity index (χ0) is 16.2. The Bertz CT molecular complexity index is 546. The van der Waals surface area contributed by atoms with Crippen molar-refractivity contribution in [2.75, 3.05) is 18.6 Å². The molecule has 0 heterocycles. The first-order valence-electron chi connectivity index (χ1n) is 6.66. The predicted molar refractivity (Wildman–Crippen MR) is 77.2 cm³/mol. The van der Waals surface area contributed by atoms with Gasteiger partial charge in [0.25, 0.3) is 5.69 Å². The summed E-state index contributed by atoms with van der Waals surface area (Å²) in [6.07, 6.45) is 0.764. The van der Waals surface area contributed by atoms with Crippen LogP contribution < -0.4 is 4.90 Å². The molecule has 0 saturated heterocycles. The molecule has 116 valence electrons. The Morgan fingerprint density at radius 2 is 2.10 bits per heavy atom. The summed E-state index contributed by atoms with van der Waals surface area (Å²) in [5.41, 5.74) is -0.444. The number of carbonyl (C=O) groups is 1. The minimum absolute atomic E-state index is 0.0281. The number of nitro groups is 1. The van der Waals surface area contributed by atoms with Crippen LogP contribution in [0.5, 0.6) is 0 Å². The Labute approximate surface area is 122 Å². The van der Waals surface area contributed by atoms with E-state index in [4.69, 9.17) is 0 Å². The van der Waals surface area contributed by atoms with Crippen molar-refractivity contribution in [3.05, 3.63) is 33.6 Å². The molecule has 7 heteroatoms. The van der Waals surface area contributed by atoms with E-state index in [0.29, 0.717) is 6.54 Å². The third-order valence-corrected chi connectivity index (χ3v) is 3.06. The number of hydrogen-bond donors (Lipinski definition) is 0. The summed E-state index contributed by atoms with van der Waals surface area (Å²) in [6, 6.07) is 1.93. The second kappa shape index (κ2) is 7.01. The number of methoxy groups -OCH3 is 1. The summed E-state index contributed by atoms with van der Waals surface area (Å²) >= 11 is 0. The van der Waals surface area contributed by atoms with E-state index in [1.807, 2.05) is 20.8 Å². The fourth-order valence-electron chi connectivity index (χ4n) is 2.09. The number of rotatable bonds is 6. The van der Waals surface area contributed by atoms with Crippen LogP contribution in [0.2, 0.25) is 0 Å². The molecule has 0 aromatic heterocycles. The maximum Gasteiger partial charge on any atom is 0.340 e. The van der Waals surface area contributed by atoms with E-state index < -0.39 is 16.7 Å². The van der Waals surface area contributed by atoms with Gasteiger partial charge in [0.15, 0.2) is 0 Å². The number of hydrogen-bond acceptors (Lipinski definition) is 5. The Morgan fingerprint density at radius 1 is 1.48 bits per heavy atom. The summed E-state index contributed by atoms with van der Waals surface area (Å²) in [4.78, 5) is 23.8. The second-order valence-electron chi connectivity index (χ2n) is 4.86. The van der Waals surface area contributed by atoms with Crippen molar-refractivity contribution in [1.82, 2.24) is 0 Å². The smallest absolute Gasteiger partial charge is 0.340 e. The van der Waals surface area contributed by atoms with Crippen LogP contribution in [0.4, 0.5) is 15.8 Å². The van der Waals surface area contributed by atoms with Gasteiger partial charge in [0.05, 0.1) is 23.7 Å². The molecular weight excluding hydrogens is 279 g/mol. The lowest BCUT2D eigenvalue weighted by molar-refractivity contribution is -0.384. The monoisotopic (exact) mass is 298 g/mol. The van der Waals surface area contributed by atoms with E-state index in [2.05, 4.69) is 4.74 Å². The van der Waals surface area contributed by atoms with Gasteiger partial charge < -0.3 is 9.64 Å². The van der Waals surface area contributed by atoms with Gasteiger partial charge in [-0.15, -0.1) is 0 Å². The van der Waals surface area contributed by atoms with Crippen molar-refractivity contribution in [1.29, 1.82) is 0 Å². The largest absolute Gasteiger partial charge is 0.465 e. The number of nitro benzene ring substituents is 1. The van der Waals surface area contributed by atoms with Crippen molar-refractivity contribution < 1.29 is 18.8 Å². The lowest BCUT2D eigenvalue weighted by Crippen LogP contribution is -2.32. The van der Waals surface area contributed by atoms with Crippen LogP contribution in [0.25, 0.3) is 0 Å². The van der Waals surface area contributed by atoms with Gasteiger partial charge in [-0.3, -0.25) is 10.1 Å². The highest BCUT2D eigenvalue weighted by molar-refractivity contribution is 5.92. The summed E-state index contributed by atoms with van der Waals surface area (Å²) in [5, 5.41) is 11.2. The van der Waals surface area contributed by atoms with Crippen LogP contribution in [0, 0.1) is 15.9 Å². The molecule has 0 aliphatic rings. The zero-order valence-electron chi connectivity index (χ0n) is 12.6. The molecule has 1 rings (SSSR count).